The number of carbonyl (C=O) groups is 1. The molecule has 0 unspecified atom stereocenters. The van der Waals surface area contributed by atoms with Crippen molar-refractivity contribution in [3.05, 3.63) is 82.4 Å². The van der Waals surface area contributed by atoms with Gasteiger partial charge in [-0.15, -0.1) is 0 Å². The molecule has 5 rings (SSSR count). The highest BCUT2D eigenvalue weighted by Crippen LogP contribution is 2.24. The first-order valence-electron chi connectivity index (χ1n) is 10.4. The fourth-order valence-electron chi connectivity index (χ4n) is 4.38. The van der Waals surface area contributed by atoms with E-state index in [0.29, 0.717) is 31.0 Å². The van der Waals surface area contributed by atoms with Gasteiger partial charge in [0.25, 0.3) is 5.91 Å². The molecule has 1 saturated heterocycles. The van der Waals surface area contributed by atoms with Crippen molar-refractivity contribution < 1.29 is 9.18 Å². The van der Waals surface area contributed by atoms with Crippen molar-refractivity contribution in [1.82, 2.24) is 24.6 Å². The number of nitrogens with one attached hydrogen (secondary N) is 2. The number of halogens is 1. The first-order valence-corrected chi connectivity index (χ1v) is 10.4. The van der Waals surface area contributed by atoms with E-state index in [2.05, 4.69) is 15.2 Å². The molecule has 1 amide bonds. The summed E-state index contributed by atoms with van der Waals surface area (Å²) in [5.41, 5.74) is 1.22. The van der Waals surface area contributed by atoms with Crippen LogP contribution in [0.5, 0.6) is 0 Å². The summed E-state index contributed by atoms with van der Waals surface area (Å²) in [5.74, 6) is 0.0868. The summed E-state index contributed by atoms with van der Waals surface area (Å²) in [4.78, 5) is 30.4. The average molecular weight is 419 g/mol. The van der Waals surface area contributed by atoms with Gasteiger partial charge in [0.05, 0.1) is 5.69 Å². The predicted octanol–water partition coefficient (Wildman–Crippen LogP) is 3.28. The Morgan fingerprint density at radius 2 is 1.97 bits per heavy atom. The predicted molar refractivity (Wildman–Crippen MR) is 115 cm³/mol. The van der Waals surface area contributed by atoms with E-state index < -0.39 is 11.5 Å². The lowest BCUT2D eigenvalue weighted by atomic mass is 9.94. The Kier molecular flexibility index (Phi) is 4.89. The number of piperidine rings is 1. The highest BCUT2D eigenvalue weighted by atomic mass is 19.1. The number of para-hydroxylation sites is 2. The summed E-state index contributed by atoms with van der Waals surface area (Å²) < 4.78 is 15.6. The van der Waals surface area contributed by atoms with E-state index in [1.807, 2.05) is 35.2 Å². The zero-order chi connectivity index (χ0) is 21.4. The molecule has 0 aliphatic carbocycles. The number of rotatable bonds is 4. The molecule has 2 aromatic heterocycles. The van der Waals surface area contributed by atoms with Crippen LogP contribution in [0.4, 0.5) is 4.39 Å². The SMILES string of the molecule is O=C(c1cc2ccccc2[nH]1)N1CCC[C@H](Cc2n[nH]c(=O)n2-c2ccccc2F)C1. The third kappa shape index (κ3) is 3.65. The molecule has 1 aliphatic rings. The number of benzene rings is 2. The van der Waals surface area contributed by atoms with Gasteiger partial charge in [-0.1, -0.05) is 30.3 Å². The third-order valence-corrected chi connectivity index (χ3v) is 5.87. The Morgan fingerprint density at radius 1 is 1.16 bits per heavy atom. The second kappa shape index (κ2) is 7.86. The molecule has 3 heterocycles. The number of hydrogen-bond acceptors (Lipinski definition) is 3. The number of nitrogens with zero attached hydrogens (tertiary/aromatic N) is 3. The standard InChI is InChI=1S/C23H22FN5O2/c24-17-8-2-4-10-20(17)29-21(26-27-23(29)31)12-15-6-5-11-28(14-15)22(30)19-13-16-7-1-3-9-18(16)25-19/h1-4,7-10,13,15,25H,5-6,11-12,14H2,(H,27,31)/t15-/m1/s1. The van der Waals surface area contributed by atoms with Crippen molar-refractivity contribution in [3.63, 3.8) is 0 Å². The third-order valence-electron chi connectivity index (χ3n) is 5.87. The Bertz CT molecular complexity index is 1270. The lowest BCUT2D eigenvalue weighted by Crippen LogP contribution is -2.41. The molecule has 4 aromatic rings. The first kappa shape index (κ1) is 19.3. The maximum atomic E-state index is 14.3. The summed E-state index contributed by atoms with van der Waals surface area (Å²) in [6.45, 7) is 1.25. The number of likely N-dealkylation sites (tertiary alicyclic amines) is 1. The van der Waals surface area contributed by atoms with Gasteiger partial charge in [0.1, 0.15) is 17.3 Å². The molecule has 0 bridgehead atoms. The van der Waals surface area contributed by atoms with Crippen LogP contribution in [0.25, 0.3) is 16.6 Å². The fraction of sp³-hybridized carbons (Fsp3) is 0.261. The van der Waals surface area contributed by atoms with Crippen LogP contribution in [0, 0.1) is 11.7 Å². The van der Waals surface area contributed by atoms with Crippen molar-refractivity contribution >= 4 is 16.8 Å². The Morgan fingerprint density at radius 3 is 2.81 bits per heavy atom. The molecule has 2 aromatic carbocycles. The Hall–Kier alpha value is -3.68. The highest BCUT2D eigenvalue weighted by molar-refractivity contribution is 5.98. The number of H-pyrrole nitrogens is 2. The average Bonchev–Trinajstić information content (AvgIpc) is 3.37. The van der Waals surface area contributed by atoms with Crippen LogP contribution < -0.4 is 5.69 Å². The summed E-state index contributed by atoms with van der Waals surface area (Å²) in [6, 6.07) is 15.8. The van der Waals surface area contributed by atoms with E-state index in [-0.39, 0.29) is 17.5 Å². The van der Waals surface area contributed by atoms with E-state index >= 15 is 0 Å². The molecule has 1 atom stereocenters. The molecule has 8 heteroatoms. The Balaban J connectivity index is 1.35. The summed E-state index contributed by atoms with van der Waals surface area (Å²) >= 11 is 0. The van der Waals surface area contributed by atoms with Gasteiger partial charge in [0.15, 0.2) is 0 Å². The quantitative estimate of drug-likeness (QED) is 0.532. The minimum absolute atomic E-state index is 0.0329. The number of aromatic nitrogens is 4. The maximum absolute atomic E-state index is 14.3. The summed E-state index contributed by atoms with van der Waals surface area (Å²) in [5, 5.41) is 7.57. The van der Waals surface area contributed by atoms with Crippen molar-refractivity contribution in [3.8, 4) is 5.69 Å². The van der Waals surface area contributed by atoms with Gasteiger partial charge in [-0.05, 0) is 43.0 Å². The molecule has 0 spiro atoms. The van der Waals surface area contributed by atoms with Gasteiger partial charge in [-0.25, -0.2) is 18.9 Å². The number of hydrogen-bond donors (Lipinski definition) is 2. The molecule has 158 valence electrons. The summed E-state index contributed by atoms with van der Waals surface area (Å²) in [6.07, 6.45) is 2.25. The van der Waals surface area contributed by atoms with E-state index in [9.17, 15) is 14.0 Å². The molecule has 0 saturated carbocycles. The monoisotopic (exact) mass is 419 g/mol. The van der Waals surface area contributed by atoms with Crippen molar-refractivity contribution in [2.24, 2.45) is 5.92 Å². The van der Waals surface area contributed by atoms with E-state index in [1.54, 1.807) is 18.2 Å². The van der Waals surface area contributed by atoms with Crippen LogP contribution in [0.3, 0.4) is 0 Å². The molecule has 0 radical (unpaired) electrons. The number of carbonyl (C=O) groups excluding carboxylic acids is 1. The topological polar surface area (TPSA) is 86.8 Å². The Labute approximate surface area is 177 Å². The molecule has 31 heavy (non-hydrogen) atoms. The maximum Gasteiger partial charge on any atom is 0.348 e. The number of aromatic amines is 2. The van der Waals surface area contributed by atoms with Crippen molar-refractivity contribution in [1.29, 1.82) is 0 Å². The van der Waals surface area contributed by atoms with Crippen LogP contribution in [0.2, 0.25) is 0 Å². The second-order valence-corrected chi connectivity index (χ2v) is 7.97. The van der Waals surface area contributed by atoms with Crippen molar-refractivity contribution in [2.75, 3.05) is 13.1 Å². The molecule has 2 N–H and O–H groups in total. The molecule has 1 aliphatic heterocycles. The molecular weight excluding hydrogens is 397 g/mol. The van der Waals surface area contributed by atoms with Crippen molar-refractivity contribution in [2.45, 2.75) is 19.3 Å². The van der Waals surface area contributed by atoms with Gasteiger partial charge in [0, 0.05) is 30.4 Å². The first-order chi connectivity index (χ1) is 15.1. The van der Waals surface area contributed by atoms with Crippen LogP contribution >= 0.6 is 0 Å². The smallest absolute Gasteiger partial charge is 0.348 e. The van der Waals surface area contributed by atoms with Gasteiger partial charge < -0.3 is 9.88 Å². The normalized spacial score (nSPS) is 16.7. The van der Waals surface area contributed by atoms with Gasteiger partial charge >= 0.3 is 5.69 Å². The van der Waals surface area contributed by atoms with Crippen LogP contribution in [0.15, 0.2) is 59.4 Å². The van der Waals surface area contributed by atoms with Crippen LogP contribution in [-0.4, -0.2) is 43.6 Å². The molecular formula is C23H22FN5O2. The zero-order valence-electron chi connectivity index (χ0n) is 16.8. The van der Waals surface area contributed by atoms with E-state index in [0.717, 1.165) is 23.7 Å². The van der Waals surface area contributed by atoms with Gasteiger partial charge in [-0.2, -0.15) is 5.10 Å². The van der Waals surface area contributed by atoms with Crippen LogP contribution in [0.1, 0.15) is 29.2 Å². The fourth-order valence-corrected chi connectivity index (χ4v) is 4.38. The number of amides is 1. The van der Waals surface area contributed by atoms with Gasteiger partial charge in [0.2, 0.25) is 0 Å². The van der Waals surface area contributed by atoms with E-state index in [4.69, 9.17) is 0 Å². The minimum Gasteiger partial charge on any atom is -0.351 e. The number of fused-ring (bicyclic) bond motifs is 1. The molecule has 1 fully saturated rings. The zero-order valence-corrected chi connectivity index (χ0v) is 16.8. The van der Waals surface area contributed by atoms with E-state index in [1.165, 1.54) is 10.6 Å². The van der Waals surface area contributed by atoms with Gasteiger partial charge in [-0.3, -0.25) is 4.79 Å². The second-order valence-electron chi connectivity index (χ2n) is 7.97. The largest absolute Gasteiger partial charge is 0.351 e. The summed E-state index contributed by atoms with van der Waals surface area (Å²) in [7, 11) is 0. The van der Waals surface area contributed by atoms with Crippen LogP contribution in [-0.2, 0) is 6.42 Å². The molecule has 7 nitrogen and oxygen atoms in total. The lowest BCUT2D eigenvalue weighted by Gasteiger charge is -2.32. The minimum atomic E-state index is -0.480. The lowest BCUT2D eigenvalue weighted by molar-refractivity contribution is 0.0667. The highest BCUT2D eigenvalue weighted by Gasteiger charge is 2.27.